The molecule has 1 aromatic rings. The quantitative estimate of drug-likeness (QED) is 0.720. The maximum absolute atomic E-state index is 13.5. The van der Waals surface area contributed by atoms with E-state index in [-0.39, 0.29) is 43.6 Å². The molecule has 0 saturated heterocycles. The lowest BCUT2D eigenvalue weighted by molar-refractivity contribution is -0.149. The molecular weight excluding hydrogens is 334 g/mol. The first-order chi connectivity index (χ1) is 11.9. The molecule has 0 radical (unpaired) electrons. The topological polar surface area (TPSA) is 75.7 Å². The second kappa shape index (κ2) is 8.55. The van der Waals surface area contributed by atoms with E-state index < -0.39 is 23.5 Å². The van der Waals surface area contributed by atoms with Gasteiger partial charge in [-0.15, -0.1) is 0 Å². The third-order valence-corrected chi connectivity index (χ3v) is 3.71. The standard InChI is InChI=1S/C17H20F2N2O4/c1-2-25-16(23)10-21(12-4-5-12)15(22)7-8-20-17(24)13-6-3-11(18)9-14(13)19/h3,6,9,12H,2,4-5,7-8,10H2,1H3,(H,20,24). The largest absolute Gasteiger partial charge is 0.465 e. The molecule has 0 unspecified atom stereocenters. The number of hydrogen-bond donors (Lipinski definition) is 1. The van der Waals surface area contributed by atoms with Gasteiger partial charge in [0.05, 0.1) is 12.2 Å². The van der Waals surface area contributed by atoms with E-state index in [4.69, 9.17) is 4.74 Å². The summed E-state index contributed by atoms with van der Waals surface area (Å²) in [6, 6.07) is 2.67. The first-order valence-electron chi connectivity index (χ1n) is 8.10. The maximum Gasteiger partial charge on any atom is 0.325 e. The number of halogens is 2. The van der Waals surface area contributed by atoms with Gasteiger partial charge in [0.2, 0.25) is 5.91 Å². The molecule has 1 aliphatic carbocycles. The number of amides is 2. The minimum absolute atomic E-state index is 0.0134. The Hall–Kier alpha value is -2.51. The summed E-state index contributed by atoms with van der Waals surface area (Å²) >= 11 is 0. The molecular formula is C17H20F2N2O4. The third kappa shape index (κ3) is 5.51. The minimum atomic E-state index is -0.967. The van der Waals surface area contributed by atoms with Crippen LogP contribution in [-0.2, 0) is 14.3 Å². The predicted molar refractivity (Wildman–Crippen MR) is 84.7 cm³/mol. The van der Waals surface area contributed by atoms with Crippen molar-refractivity contribution in [2.45, 2.75) is 32.2 Å². The molecule has 0 atom stereocenters. The molecule has 136 valence electrons. The fourth-order valence-corrected chi connectivity index (χ4v) is 2.35. The van der Waals surface area contributed by atoms with E-state index in [1.807, 2.05) is 0 Å². The van der Waals surface area contributed by atoms with Gasteiger partial charge in [-0.25, -0.2) is 8.78 Å². The smallest absolute Gasteiger partial charge is 0.325 e. The lowest BCUT2D eigenvalue weighted by atomic mass is 10.2. The Morgan fingerprint density at radius 3 is 2.60 bits per heavy atom. The van der Waals surface area contributed by atoms with Crippen LogP contribution in [0.15, 0.2) is 18.2 Å². The molecule has 8 heteroatoms. The fourth-order valence-electron chi connectivity index (χ4n) is 2.35. The van der Waals surface area contributed by atoms with Crippen LogP contribution in [0.2, 0.25) is 0 Å². The van der Waals surface area contributed by atoms with Crippen LogP contribution < -0.4 is 5.32 Å². The van der Waals surface area contributed by atoms with Crippen molar-refractivity contribution in [3.63, 3.8) is 0 Å². The highest BCUT2D eigenvalue weighted by Crippen LogP contribution is 2.27. The molecule has 0 heterocycles. The Labute approximate surface area is 144 Å². The normalized spacial score (nSPS) is 13.2. The molecule has 1 fully saturated rings. The average Bonchev–Trinajstić information content (AvgIpc) is 3.37. The van der Waals surface area contributed by atoms with Gasteiger partial charge in [0.25, 0.3) is 5.91 Å². The highest BCUT2D eigenvalue weighted by molar-refractivity contribution is 5.94. The molecule has 0 bridgehead atoms. The van der Waals surface area contributed by atoms with Gasteiger partial charge in [0.1, 0.15) is 18.2 Å². The van der Waals surface area contributed by atoms with Gasteiger partial charge in [-0.3, -0.25) is 14.4 Å². The summed E-state index contributed by atoms with van der Waals surface area (Å²) in [6.07, 6.45) is 1.64. The van der Waals surface area contributed by atoms with Gasteiger partial charge in [0, 0.05) is 25.1 Å². The Morgan fingerprint density at radius 2 is 2.00 bits per heavy atom. The monoisotopic (exact) mass is 354 g/mol. The SMILES string of the molecule is CCOC(=O)CN(C(=O)CCNC(=O)c1ccc(F)cc1F)C1CC1. The molecule has 2 rings (SSSR count). The second-order valence-electron chi connectivity index (χ2n) is 5.69. The molecule has 0 aliphatic heterocycles. The van der Waals surface area contributed by atoms with Gasteiger partial charge < -0.3 is 15.0 Å². The van der Waals surface area contributed by atoms with Gasteiger partial charge >= 0.3 is 5.97 Å². The second-order valence-corrected chi connectivity index (χ2v) is 5.69. The van der Waals surface area contributed by atoms with Crippen molar-refractivity contribution in [1.82, 2.24) is 10.2 Å². The van der Waals surface area contributed by atoms with Crippen molar-refractivity contribution in [1.29, 1.82) is 0 Å². The van der Waals surface area contributed by atoms with E-state index in [0.717, 1.165) is 25.0 Å². The zero-order chi connectivity index (χ0) is 18.4. The molecule has 2 amide bonds. The molecule has 1 aromatic carbocycles. The van der Waals surface area contributed by atoms with Gasteiger partial charge in [0.15, 0.2) is 0 Å². The van der Waals surface area contributed by atoms with Crippen molar-refractivity contribution in [3.05, 3.63) is 35.4 Å². The highest BCUT2D eigenvalue weighted by atomic mass is 19.1. The zero-order valence-corrected chi connectivity index (χ0v) is 13.9. The average molecular weight is 354 g/mol. The summed E-state index contributed by atoms with van der Waals surface area (Å²) in [4.78, 5) is 37.1. The van der Waals surface area contributed by atoms with Crippen LogP contribution in [0.1, 0.15) is 36.5 Å². The van der Waals surface area contributed by atoms with Crippen LogP contribution in [0, 0.1) is 11.6 Å². The maximum atomic E-state index is 13.5. The number of hydrogen-bond acceptors (Lipinski definition) is 4. The number of nitrogens with zero attached hydrogens (tertiary/aromatic N) is 1. The number of rotatable bonds is 8. The van der Waals surface area contributed by atoms with Crippen LogP contribution in [0.4, 0.5) is 8.78 Å². The van der Waals surface area contributed by atoms with E-state index in [9.17, 15) is 23.2 Å². The van der Waals surface area contributed by atoms with E-state index in [1.165, 1.54) is 4.90 Å². The molecule has 0 aromatic heterocycles. The Kier molecular flexibility index (Phi) is 6.44. The van der Waals surface area contributed by atoms with Crippen molar-refractivity contribution < 1.29 is 27.9 Å². The van der Waals surface area contributed by atoms with Crippen molar-refractivity contribution >= 4 is 17.8 Å². The third-order valence-electron chi connectivity index (χ3n) is 3.71. The Bertz CT molecular complexity index is 662. The number of esters is 1. The fraction of sp³-hybridized carbons (Fsp3) is 0.471. The van der Waals surface area contributed by atoms with Crippen molar-refractivity contribution in [2.75, 3.05) is 19.7 Å². The lowest BCUT2D eigenvalue weighted by Crippen LogP contribution is -2.40. The first kappa shape index (κ1) is 18.8. The van der Waals surface area contributed by atoms with Gasteiger partial charge in [-0.05, 0) is 31.9 Å². The minimum Gasteiger partial charge on any atom is -0.465 e. The van der Waals surface area contributed by atoms with Crippen molar-refractivity contribution in [2.24, 2.45) is 0 Å². The highest BCUT2D eigenvalue weighted by Gasteiger charge is 2.33. The van der Waals surface area contributed by atoms with E-state index in [0.29, 0.717) is 6.07 Å². The molecule has 1 saturated carbocycles. The predicted octanol–water partition coefficient (Wildman–Crippen LogP) is 1.64. The Morgan fingerprint density at radius 1 is 1.28 bits per heavy atom. The van der Waals surface area contributed by atoms with Crippen molar-refractivity contribution in [3.8, 4) is 0 Å². The molecule has 1 aliphatic rings. The summed E-state index contributed by atoms with van der Waals surface area (Å²) in [5.74, 6) is -3.22. The van der Waals surface area contributed by atoms with Crippen LogP contribution >= 0.6 is 0 Å². The lowest BCUT2D eigenvalue weighted by Gasteiger charge is -2.21. The van der Waals surface area contributed by atoms with Gasteiger partial charge in [-0.1, -0.05) is 0 Å². The summed E-state index contributed by atoms with van der Waals surface area (Å²) in [5.41, 5.74) is -0.292. The van der Waals surface area contributed by atoms with E-state index >= 15 is 0 Å². The first-order valence-corrected chi connectivity index (χ1v) is 8.10. The Balaban J connectivity index is 1.83. The van der Waals surface area contributed by atoms with Crippen LogP contribution in [0.5, 0.6) is 0 Å². The molecule has 6 nitrogen and oxygen atoms in total. The van der Waals surface area contributed by atoms with Crippen LogP contribution in [-0.4, -0.2) is 48.4 Å². The summed E-state index contributed by atoms with van der Waals surface area (Å²) < 4.78 is 31.2. The number of nitrogens with one attached hydrogen (secondary N) is 1. The molecule has 1 N–H and O–H groups in total. The number of ether oxygens (including phenoxy) is 1. The number of benzene rings is 1. The van der Waals surface area contributed by atoms with Crippen LogP contribution in [0.25, 0.3) is 0 Å². The zero-order valence-electron chi connectivity index (χ0n) is 13.9. The summed E-state index contributed by atoms with van der Waals surface area (Å²) in [7, 11) is 0. The van der Waals surface area contributed by atoms with Crippen LogP contribution in [0.3, 0.4) is 0 Å². The summed E-state index contributed by atoms with van der Waals surface area (Å²) in [6.45, 7) is 1.80. The molecule has 0 spiro atoms. The van der Waals surface area contributed by atoms with E-state index in [2.05, 4.69) is 5.32 Å². The summed E-state index contributed by atoms with van der Waals surface area (Å²) in [5, 5.41) is 2.42. The number of carbonyl (C=O) groups excluding carboxylic acids is 3. The van der Waals surface area contributed by atoms with E-state index in [1.54, 1.807) is 6.92 Å². The molecule has 25 heavy (non-hydrogen) atoms. The number of carbonyl (C=O) groups is 3. The van der Waals surface area contributed by atoms with Gasteiger partial charge in [-0.2, -0.15) is 0 Å².